The maximum atomic E-state index is 13.1. The molecule has 31 heavy (non-hydrogen) atoms. The van der Waals surface area contributed by atoms with Crippen molar-refractivity contribution < 1.29 is 23.4 Å². The summed E-state index contributed by atoms with van der Waals surface area (Å²) in [5.41, 5.74) is 2.81. The summed E-state index contributed by atoms with van der Waals surface area (Å²) in [5.74, 6) is -0.168. The topological polar surface area (TPSA) is 63.3 Å². The zero-order chi connectivity index (χ0) is 21.6. The van der Waals surface area contributed by atoms with Gasteiger partial charge >= 0.3 is 0 Å². The zero-order valence-corrected chi connectivity index (χ0v) is 17.7. The number of rotatable bonds is 6. The summed E-state index contributed by atoms with van der Waals surface area (Å²) in [6, 6.07) is 11.7. The van der Waals surface area contributed by atoms with Crippen molar-refractivity contribution in [1.82, 2.24) is 0 Å². The summed E-state index contributed by atoms with van der Waals surface area (Å²) in [4.78, 5) is 17.3. The van der Waals surface area contributed by atoms with Crippen molar-refractivity contribution in [1.29, 1.82) is 0 Å². The molecule has 0 aromatic heterocycles. The second-order valence-electron chi connectivity index (χ2n) is 7.60. The maximum Gasteiger partial charge on any atom is 0.265 e. The van der Waals surface area contributed by atoms with Gasteiger partial charge in [-0.2, -0.15) is 0 Å². The van der Waals surface area contributed by atoms with Gasteiger partial charge in [-0.3, -0.25) is 4.79 Å². The molecule has 0 unspecified atom stereocenters. The number of nitrogens with one attached hydrogen (secondary N) is 1. The van der Waals surface area contributed by atoms with Gasteiger partial charge in [-0.05, 0) is 49.4 Å². The van der Waals surface area contributed by atoms with Crippen LogP contribution in [0, 0.1) is 5.82 Å². The van der Waals surface area contributed by atoms with Gasteiger partial charge in [0.25, 0.3) is 5.91 Å². The number of hydrogen-bond donors (Lipinski definition) is 1. The number of amides is 1. The second-order valence-corrected chi connectivity index (χ2v) is 7.60. The summed E-state index contributed by atoms with van der Waals surface area (Å²) in [7, 11) is 0. The number of carbonyl (C=O) groups is 1. The molecule has 0 saturated carbocycles. The molecular weight excluding hydrogens is 401 g/mol. The third kappa shape index (κ3) is 5.45. The van der Waals surface area contributed by atoms with Crippen LogP contribution in [-0.2, 0) is 14.3 Å². The molecule has 2 aliphatic heterocycles. The lowest BCUT2D eigenvalue weighted by Crippen LogP contribution is -2.38. The van der Waals surface area contributed by atoms with E-state index in [9.17, 15) is 9.18 Å². The number of benzene rings is 2. The summed E-state index contributed by atoms with van der Waals surface area (Å²) in [6.45, 7) is 7.61. The molecule has 2 heterocycles. The highest BCUT2D eigenvalue weighted by Gasteiger charge is 2.22. The van der Waals surface area contributed by atoms with E-state index in [4.69, 9.17) is 14.2 Å². The first-order valence-electron chi connectivity index (χ1n) is 10.6. The minimum Gasteiger partial charge on any atom is -0.481 e. The van der Waals surface area contributed by atoms with Gasteiger partial charge in [-0.25, -0.2) is 4.39 Å². The zero-order valence-electron chi connectivity index (χ0n) is 17.7. The molecule has 2 aliphatic rings. The van der Waals surface area contributed by atoms with Gasteiger partial charge in [0.2, 0.25) is 0 Å². The highest BCUT2D eigenvalue weighted by Crippen LogP contribution is 2.32. The fourth-order valence-corrected chi connectivity index (χ4v) is 3.72. The third-order valence-corrected chi connectivity index (χ3v) is 5.46. The minimum atomic E-state index is -0.734. The number of carbonyl (C=O) groups excluding carboxylic acids is 1. The van der Waals surface area contributed by atoms with E-state index in [2.05, 4.69) is 21.2 Å². The number of nitrogens with zero attached hydrogens (tertiary/aromatic N) is 2. The van der Waals surface area contributed by atoms with Gasteiger partial charge in [0.15, 0.2) is 6.10 Å². The Morgan fingerprint density at radius 1 is 0.968 bits per heavy atom. The highest BCUT2D eigenvalue weighted by molar-refractivity contribution is 5.97. The van der Waals surface area contributed by atoms with E-state index in [0.29, 0.717) is 32.2 Å². The normalized spacial score (nSPS) is 17.9. The van der Waals surface area contributed by atoms with Crippen LogP contribution in [0.2, 0.25) is 0 Å². The van der Waals surface area contributed by atoms with Gasteiger partial charge < -0.3 is 29.3 Å². The molecule has 2 aromatic carbocycles. The van der Waals surface area contributed by atoms with Crippen LogP contribution in [0.25, 0.3) is 0 Å². The van der Waals surface area contributed by atoms with Gasteiger partial charge in [0.1, 0.15) is 11.6 Å². The summed E-state index contributed by atoms with van der Waals surface area (Å²) in [6.07, 6.45) is -0.734. The van der Waals surface area contributed by atoms with E-state index in [1.807, 2.05) is 12.1 Å². The van der Waals surface area contributed by atoms with Crippen LogP contribution in [0.5, 0.6) is 5.75 Å². The maximum absolute atomic E-state index is 13.1. The molecule has 0 radical (unpaired) electrons. The minimum absolute atomic E-state index is 0.266. The predicted octanol–water partition coefficient (Wildman–Crippen LogP) is 2.90. The third-order valence-electron chi connectivity index (χ3n) is 5.46. The Labute approximate surface area is 181 Å². The van der Waals surface area contributed by atoms with Crippen LogP contribution in [0.15, 0.2) is 42.5 Å². The monoisotopic (exact) mass is 429 g/mol. The molecule has 2 saturated heterocycles. The molecule has 1 atom stereocenters. The molecule has 0 bridgehead atoms. The van der Waals surface area contributed by atoms with Crippen LogP contribution in [0.1, 0.15) is 6.92 Å². The number of morpholine rings is 2. The molecular formula is C23H28FN3O4. The fraction of sp³-hybridized carbons (Fsp3) is 0.435. The van der Waals surface area contributed by atoms with Crippen molar-refractivity contribution in [3.8, 4) is 5.75 Å². The Balaban J connectivity index is 1.51. The average Bonchev–Trinajstić information content (AvgIpc) is 2.82. The first-order valence-corrected chi connectivity index (χ1v) is 10.6. The van der Waals surface area contributed by atoms with E-state index in [1.54, 1.807) is 6.92 Å². The number of hydrogen-bond acceptors (Lipinski definition) is 6. The van der Waals surface area contributed by atoms with Crippen molar-refractivity contribution in [2.45, 2.75) is 13.0 Å². The lowest BCUT2D eigenvalue weighted by atomic mass is 10.1. The van der Waals surface area contributed by atoms with Gasteiger partial charge in [-0.1, -0.05) is 0 Å². The highest BCUT2D eigenvalue weighted by atomic mass is 19.1. The lowest BCUT2D eigenvalue weighted by Gasteiger charge is -2.33. The van der Waals surface area contributed by atoms with Crippen molar-refractivity contribution >= 4 is 23.0 Å². The molecule has 1 N–H and O–H groups in total. The first kappa shape index (κ1) is 21.4. The second kappa shape index (κ2) is 9.98. The first-order chi connectivity index (χ1) is 15.1. The summed E-state index contributed by atoms with van der Waals surface area (Å²) in [5, 5.41) is 3.01. The quantitative estimate of drug-likeness (QED) is 0.762. The standard InChI is InChI=1S/C23H28FN3O4/c1-17(31-20-5-2-18(24)3-6-20)23(28)25-21-7-4-19(26-8-12-29-13-9-26)16-22(21)27-10-14-30-15-11-27/h2-7,16-17H,8-15H2,1H3,(H,25,28)/t17-/m1/s1. The largest absolute Gasteiger partial charge is 0.481 e. The average molecular weight is 429 g/mol. The smallest absolute Gasteiger partial charge is 0.265 e. The molecule has 0 aliphatic carbocycles. The lowest BCUT2D eigenvalue weighted by molar-refractivity contribution is -0.122. The molecule has 8 heteroatoms. The van der Waals surface area contributed by atoms with E-state index >= 15 is 0 Å². The van der Waals surface area contributed by atoms with E-state index in [0.717, 1.165) is 43.2 Å². The van der Waals surface area contributed by atoms with Crippen LogP contribution >= 0.6 is 0 Å². The van der Waals surface area contributed by atoms with E-state index in [1.165, 1.54) is 24.3 Å². The molecule has 0 spiro atoms. The predicted molar refractivity (Wildman–Crippen MR) is 118 cm³/mol. The number of ether oxygens (including phenoxy) is 3. The summed E-state index contributed by atoms with van der Waals surface area (Å²) < 4.78 is 29.7. The van der Waals surface area contributed by atoms with E-state index in [-0.39, 0.29) is 11.7 Å². The Morgan fingerprint density at radius 2 is 1.58 bits per heavy atom. The summed E-state index contributed by atoms with van der Waals surface area (Å²) >= 11 is 0. The molecule has 4 rings (SSSR count). The van der Waals surface area contributed by atoms with Crippen molar-refractivity contribution in [3.05, 3.63) is 48.3 Å². The Kier molecular flexibility index (Phi) is 6.89. The molecule has 2 aromatic rings. The van der Waals surface area contributed by atoms with Crippen molar-refractivity contribution in [2.75, 3.05) is 67.7 Å². The Bertz CT molecular complexity index is 881. The van der Waals surface area contributed by atoms with Crippen LogP contribution in [0.4, 0.5) is 21.5 Å². The van der Waals surface area contributed by atoms with Gasteiger partial charge in [0.05, 0.1) is 37.8 Å². The van der Waals surface area contributed by atoms with Crippen molar-refractivity contribution in [2.24, 2.45) is 0 Å². The molecule has 1 amide bonds. The van der Waals surface area contributed by atoms with Crippen LogP contribution < -0.4 is 19.9 Å². The Hall–Kier alpha value is -2.84. The van der Waals surface area contributed by atoms with Crippen LogP contribution in [-0.4, -0.2) is 64.6 Å². The van der Waals surface area contributed by atoms with Gasteiger partial charge in [0, 0.05) is 31.9 Å². The fourth-order valence-electron chi connectivity index (χ4n) is 3.72. The van der Waals surface area contributed by atoms with E-state index < -0.39 is 6.10 Å². The Morgan fingerprint density at radius 3 is 2.23 bits per heavy atom. The molecule has 7 nitrogen and oxygen atoms in total. The number of halogens is 1. The molecule has 166 valence electrons. The SMILES string of the molecule is C[C@@H](Oc1ccc(F)cc1)C(=O)Nc1ccc(N2CCOCC2)cc1N1CCOCC1. The molecule has 2 fully saturated rings. The van der Waals surface area contributed by atoms with Crippen LogP contribution in [0.3, 0.4) is 0 Å². The van der Waals surface area contributed by atoms with Crippen molar-refractivity contribution in [3.63, 3.8) is 0 Å². The number of anilines is 3. The van der Waals surface area contributed by atoms with Gasteiger partial charge in [-0.15, -0.1) is 0 Å².